The summed E-state index contributed by atoms with van der Waals surface area (Å²) in [5.74, 6) is -1.06. The molecule has 1 aromatic heterocycles. The van der Waals surface area contributed by atoms with E-state index in [1.54, 1.807) is 29.4 Å². The van der Waals surface area contributed by atoms with E-state index in [1.807, 2.05) is 12.1 Å². The SMILES string of the molecule is O=C([C@@H]1CCS(=O)(=O)C1)N(Cc1ccncc1)Cc1ccc(F)cc1. The summed E-state index contributed by atoms with van der Waals surface area (Å²) in [6.45, 7) is 0.660. The number of pyridine rings is 1. The molecule has 0 unspecified atom stereocenters. The van der Waals surface area contributed by atoms with Crippen molar-refractivity contribution in [3.05, 3.63) is 65.7 Å². The van der Waals surface area contributed by atoms with E-state index in [0.29, 0.717) is 19.5 Å². The van der Waals surface area contributed by atoms with Crippen LogP contribution in [0.1, 0.15) is 17.5 Å². The molecule has 1 aliphatic rings. The normalized spacial score (nSPS) is 18.8. The molecular formula is C18H19FN2O3S. The first kappa shape index (κ1) is 17.5. The summed E-state index contributed by atoms with van der Waals surface area (Å²) < 4.78 is 36.5. The van der Waals surface area contributed by atoms with Gasteiger partial charge in [0.2, 0.25) is 5.91 Å². The Morgan fingerprint density at radius 1 is 1.08 bits per heavy atom. The van der Waals surface area contributed by atoms with Crippen molar-refractivity contribution in [3.63, 3.8) is 0 Å². The van der Waals surface area contributed by atoms with Gasteiger partial charge in [-0.2, -0.15) is 0 Å². The highest BCUT2D eigenvalue weighted by molar-refractivity contribution is 7.91. The van der Waals surface area contributed by atoms with Crippen molar-refractivity contribution in [2.24, 2.45) is 5.92 Å². The molecule has 1 saturated heterocycles. The maximum atomic E-state index is 13.1. The summed E-state index contributed by atoms with van der Waals surface area (Å²) in [7, 11) is -3.13. The van der Waals surface area contributed by atoms with E-state index in [0.717, 1.165) is 11.1 Å². The first-order valence-electron chi connectivity index (χ1n) is 8.05. The average molecular weight is 362 g/mol. The van der Waals surface area contributed by atoms with Gasteiger partial charge in [0, 0.05) is 25.5 Å². The van der Waals surface area contributed by atoms with Crippen molar-refractivity contribution in [1.82, 2.24) is 9.88 Å². The number of carbonyl (C=O) groups is 1. The zero-order valence-corrected chi connectivity index (χ0v) is 14.5. The quantitative estimate of drug-likeness (QED) is 0.818. The van der Waals surface area contributed by atoms with Gasteiger partial charge in [-0.3, -0.25) is 9.78 Å². The largest absolute Gasteiger partial charge is 0.334 e. The van der Waals surface area contributed by atoms with Crippen LogP contribution >= 0.6 is 0 Å². The molecule has 0 bridgehead atoms. The number of halogens is 1. The number of nitrogens with zero attached hydrogens (tertiary/aromatic N) is 2. The van der Waals surface area contributed by atoms with Crippen molar-refractivity contribution < 1.29 is 17.6 Å². The third-order valence-corrected chi connectivity index (χ3v) is 6.07. The molecule has 2 heterocycles. The van der Waals surface area contributed by atoms with Gasteiger partial charge in [-0.25, -0.2) is 12.8 Å². The molecule has 0 spiro atoms. The fourth-order valence-corrected chi connectivity index (χ4v) is 4.71. The number of amides is 1. The van der Waals surface area contributed by atoms with Crippen molar-refractivity contribution in [1.29, 1.82) is 0 Å². The second-order valence-electron chi connectivity index (χ2n) is 6.28. The third kappa shape index (κ3) is 4.63. The molecule has 7 heteroatoms. The third-order valence-electron chi connectivity index (χ3n) is 4.30. The summed E-state index contributed by atoms with van der Waals surface area (Å²) >= 11 is 0. The van der Waals surface area contributed by atoms with Crippen molar-refractivity contribution in [2.75, 3.05) is 11.5 Å². The molecule has 25 heavy (non-hydrogen) atoms. The second-order valence-corrected chi connectivity index (χ2v) is 8.50. The Kier molecular flexibility index (Phi) is 5.13. The Morgan fingerprint density at radius 3 is 2.24 bits per heavy atom. The number of hydrogen-bond acceptors (Lipinski definition) is 4. The number of sulfone groups is 1. The monoisotopic (exact) mass is 362 g/mol. The van der Waals surface area contributed by atoms with Crippen LogP contribution in [0.4, 0.5) is 4.39 Å². The van der Waals surface area contributed by atoms with Gasteiger partial charge in [-0.15, -0.1) is 0 Å². The number of rotatable bonds is 5. The molecule has 3 rings (SSSR count). The van der Waals surface area contributed by atoms with Gasteiger partial charge in [0.15, 0.2) is 9.84 Å². The lowest BCUT2D eigenvalue weighted by atomic mass is 10.1. The van der Waals surface area contributed by atoms with Gasteiger partial charge in [0.1, 0.15) is 5.82 Å². The molecule has 0 saturated carbocycles. The van der Waals surface area contributed by atoms with Gasteiger partial charge in [-0.1, -0.05) is 12.1 Å². The molecule has 1 fully saturated rings. The van der Waals surface area contributed by atoms with E-state index in [2.05, 4.69) is 4.98 Å². The summed E-state index contributed by atoms with van der Waals surface area (Å²) in [5, 5.41) is 0. The highest BCUT2D eigenvalue weighted by atomic mass is 32.2. The summed E-state index contributed by atoms with van der Waals surface area (Å²) in [6.07, 6.45) is 3.66. The van der Waals surface area contributed by atoms with Crippen LogP contribution in [0.15, 0.2) is 48.8 Å². The summed E-state index contributed by atoms with van der Waals surface area (Å²) in [6, 6.07) is 9.60. The topological polar surface area (TPSA) is 67.3 Å². The molecule has 0 N–H and O–H groups in total. The van der Waals surface area contributed by atoms with E-state index < -0.39 is 15.8 Å². The fraction of sp³-hybridized carbons (Fsp3) is 0.333. The van der Waals surface area contributed by atoms with Crippen LogP contribution in [0.3, 0.4) is 0 Å². The maximum absolute atomic E-state index is 13.1. The van der Waals surface area contributed by atoms with E-state index in [1.165, 1.54) is 12.1 Å². The Hall–Kier alpha value is -2.28. The van der Waals surface area contributed by atoms with Gasteiger partial charge in [0.05, 0.1) is 17.4 Å². The number of aromatic nitrogens is 1. The van der Waals surface area contributed by atoms with E-state index in [4.69, 9.17) is 0 Å². The van der Waals surface area contributed by atoms with Crippen LogP contribution in [0, 0.1) is 11.7 Å². The Balaban J connectivity index is 1.80. The van der Waals surface area contributed by atoms with Gasteiger partial charge in [-0.05, 0) is 41.8 Å². The van der Waals surface area contributed by atoms with Crippen LogP contribution in [0.25, 0.3) is 0 Å². The predicted octanol–water partition coefficient (Wildman–Crippen LogP) is 2.18. The summed E-state index contributed by atoms with van der Waals surface area (Å²) in [4.78, 5) is 18.5. The minimum absolute atomic E-state index is 0.0586. The Morgan fingerprint density at radius 2 is 1.68 bits per heavy atom. The smallest absolute Gasteiger partial charge is 0.227 e. The van der Waals surface area contributed by atoms with Gasteiger partial charge >= 0.3 is 0 Å². The van der Waals surface area contributed by atoms with Crippen molar-refractivity contribution >= 4 is 15.7 Å². The van der Waals surface area contributed by atoms with E-state index >= 15 is 0 Å². The molecule has 2 aromatic rings. The zero-order chi connectivity index (χ0) is 17.9. The molecule has 0 radical (unpaired) electrons. The second kappa shape index (κ2) is 7.31. The lowest BCUT2D eigenvalue weighted by Crippen LogP contribution is -2.36. The molecule has 1 atom stereocenters. The molecule has 1 amide bonds. The van der Waals surface area contributed by atoms with Gasteiger partial charge in [0.25, 0.3) is 0 Å². The first-order valence-corrected chi connectivity index (χ1v) is 9.88. The van der Waals surface area contributed by atoms with E-state index in [-0.39, 0.29) is 23.2 Å². The lowest BCUT2D eigenvalue weighted by Gasteiger charge is -2.25. The molecule has 0 aliphatic carbocycles. The Bertz CT molecular complexity index is 838. The van der Waals surface area contributed by atoms with Crippen LogP contribution in [0.2, 0.25) is 0 Å². The minimum atomic E-state index is -3.13. The highest BCUT2D eigenvalue weighted by Gasteiger charge is 2.35. The van der Waals surface area contributed by atoms with Crippen LogP contribution < -0.4 is 0 Å². The zero-order valence-electron chi connectivity index (χ0n) is 13.6. The summed E-state index contributed by atoms with van der Waals surface area (Å²) in [5.41, 5.74) is 1.70. The van der Waals surface area contributed by atoms with Crippen LogP contribution in [-0.4, -0.2) is 35.7 Å². The Labute approximate surface area is 146 Å². The van der Waals surface area contributed by atoms with Crippen molar-refractivity contribution in [3.8, 4) is 0 Å². The number of benzene rings is 1. The first-order chi connectivity index (χ1) is 11.9. The number of hydrogen-bond donors (Lipinski definition) is 0. The molecule has 132 valence electrons. The molecular weight excluding hydrogens is 343 g/mol. The lowest BCUT2D eigenvalue weighted by molar-refractivity contribution is -0.136. The maximum Gasteiger partial charge on any atom is 0.227 e. The van der Waals surface area contributed by atoms with Gasteiger partial charge < -0.3 is 4.90 Å². The molecule has 5 nitrogen and oxygen atoms in total. The molecule has 1 aliphatic heterocycles. The molecule has 1 aromatic carbocycles. The van der Waals surface area contributed by atoms with Crippen molar-refractivity contribution in [2.45, 2.75) is 19.5 Å². The number of carbonyl (C=O) groups excluding carboxylic acids is 1. The van der Waals surface area contributed by atoms with Crippen LogP contribution in [0.5, 0.6) is 0 Å². The minimum Gasteiger partial charge on any atom is -0.334 e. The fourth-order valence-electron chi connectivity index (χ4n) is 2.98. The standard InChI is InChI=1S/C18H19FN2O3S/c19-17-3-1-14(2-4-17)11-21(12-15-5-8-20-9-6-15)18(22)16-7-10-25(23,24)13-16/h1-6,8-9,16H,7,10-13H2/t16-/m1/s1. The van der Waals surface area contributed by atoms with E-state index in [9.17, 15) is 17.6 Å². The highest BCUT2D eigenvalue weighted by Crippen LogP contribution is 2.23. The predicted molar refractivity (Wildman–Crippen MR) is 91.7 cm³/mol. The van der Waals surface area contributed by atoms with Crippen LogP contribution in [-0.2, 0) is 27.7 Å². The average Bonchev–Trinajstić information content (AvgIpc) is 2.96.